The number of aliphatic hydroxyl groups excluding tert-OH is 1. The summed E-state index contributed by atoms with van der Waals surface area (Å²) in [7, 11) is 0. The second kappa shape index (κ2) is 3.77. The molecular weight excluding hydrogens is 204 g/mol. The van der Waals surface area contributed by atoms with E-state index in [1.165, 1.54) is 18.6 Å². The summed E-state index contributed by atoms with van der Waals surface area (Å²) in [4.78, 5) is 7.79. The van der Waals surface area contributed by atoms with E-state index >= 15 is 0 Å². The molecule has 2 aromatic rings. The van der Waals surface area contributed by atoms with Gasteiger partial charge in [0.1, 0.15) is 5.76 Å². The van der Waals surface area contributed by atoms with E-state index in [0.717, 1.165) is 0 Å². The molecule has 0 saturated heterocycles. The second-order valence-electron chi connectivity index (χ2n) is 2.67. The van der Waals surface area contributed by atoms with Gasteiger partial charge in [-0.15, -0.1) is 0 Å². The average Bonchev–Trinajstić information content (AvgIpc) is 2.65. The molecule has 0 spiro atoms. The lowest BCUT2D eigenvalue weighted by atomic mass is 10.2. The SMILES string of the molecule is OC(c1cnccn1)c1ccc(Cl)o1. The zero-order chi connectivity index (χ0) is 9.97. The Morgan fingerprint density at radius 3 is 2.79 bits per heavy atom. The van der Waals surface area contributed by atoms with E-state index in [1.807, 2.05) is 0 Å². The summed E-state index contributed by atoms with van der Waals surface area (Å²) in [6, 6.07) is 3.16. The van der Waals surface area contributed by atoms with Crippen molar-refractivity contribution in [3.63, 3.8) is 0 Å². The van der Waals surface area contributed by atoms with Crippen LogP contribution in [0.3, 0.4) is 0 Å². The summed E-state index contributed by atoms with van der Waals surface area (Å²) in [5.74, 6) is 0.357. The van der Waals surface area contributed by atoms with Gasteiger partial charge in [-0.1, -0.05) is 0 Å². The first-order valence-corrected chi connectivity index (χ1v) is 4.34. The summed E-state index contributed by atoms with van der Waals surface area (Å²) in [5.41, 5.74) is 0.429. The fourth-order valence-electron chi connectivity index (χ4n) is 1.07. The molecule has 1 unspecified atom stereocenters. The molecule has 1 N–H and O–H groups in total. The van der Waals surface area contributed by atoms with E-state index in [2.05, 4.69) is 9.97 Å². The quantitative estimate of drug-likeness (QED) is 0.821. The standard InChI is InChI=1S/C9H7ClN2O2/c10-8-2-1-7(14-8)9(13)6-5-11-3-4-12-6/h1-5,9,13H. The highest BCUT2D eigenvalue weighted by Crippen LogP contribution is 2.23. The fourth-order valence-corrected chi connectivity index (χ4v) is 1.22. The predicted octanol–water partition coefficient (Wildman–Crippen LogP) is 1.80. The molecule has 4 nitrogen and oxygen atoms in total. The summed E-state index contributed by atoms with van der Waals surface area (Å²) in [6.45, 7) is 0. The highest BCUT2D eigenvalue weighted by atomic mass is 35.5. The van der Waals surface area contributed by atoms with Gasteiger partial charge in [0, 0.05) is 12.4 Å². The number of aromatic nitrogens is 2. The van der Waals surface area contributed by atoms with Crippen LogP contribution < -0.4 is 0 Å². The van der Waals surface area contributed by atoms with Crippen LogP contribution in [0, 0.1) is 0 Å². The molecule has 2 heterocycles. The molecule has 14 heavy (non-hydrogen) atoms. The Hall–Kier alpha value is -1.39. The molecule has 0 bridgehead atoms. The lowest BCUT2D eigenvalue weighted by molar-refractivity contribution is 0.184. The zero-order valence-corrected chi connectivity index (χ0v) is 7.85. The number of furan rings is 1. The smallest absolute Gasteiger partial charge is 0.193 e. The van der Waals surface area contributed by atoms with Crippen LogP contribution in [0.2, 0.25) is 5.22 Å². The van der Waals surface area contributed by atoms with Crippen molar-refractivity contribution in [3.8, 4) is 0 Å². The van der Waals surface area contributed by atoms with E-state index in [9.17, 15) is 5.11 Å². The van der Waals surface area contributed by atoms with Crippen LogP contribution in [0.25, 0.3) is 0 Å². The van der Waals surface area contributed by atoms with Crippen molar-refractivity contribution in [2.45, 2.75) is 6.10 Å². The molecule has 0 fully saturated rings. The van der Waals surface area contributed by atoms with Crippen LogP contribution in [0.5, 0.6) is 0 Å². The first-order chi connectivity index (χ1) is 6.77. The van der Waals surface area contributed by atoms with Gasteiger partial charge in [-0.3, -0.25) is 9.97 Å². The molecule has 0 aliphatic carbocycles. The Bertz CT molecular complexity index is 416. The third-order valence-corrected chi connectivity index (χ3v) is 1.93. The summed E-state index contributed by atoms with van der Waals surface area (Å²) in [5, 5.41) is 9.99. The highest BCUT2D eigenvalue weighted by molar-refractivity contribution is 6.28. The maximum atomic E-state index is 9.75. The van der Waals surface area contributed by atoms with Crippen molar-refractivity contribution in [1.82, 2.24) is 9.97 Å². The Kier molecular flexibility index (Phi) is 2.47. The normalized spacial score (nSPS) is 12.7. The van der Waals surface area contributed by atoms with E-state index in [4.69, 9.17) is 16.0 Å². The molecule has 0 aromatic carbocycles. The highest BCUT2D eigenvalue weighted by Gasteiger charge is 2.15. The van der Waals surface area contributed by atoms with Crippen molar-refractivity contribution >= 4 is 11.6 Å². The van der Waals surface area contributed by atoms with E-state index in [-0.39, 0.29) is 5.22 Å². The van der Waals surface area contributed by atoms with Gasteiger partial charge in [-0.25, -0.2) is 0 Å². The van der Waals surface area contributed by atoms with Gasteiger partial charge >= 0.3 is 0 Å². The van der Waals surface area contributed by atoms with Gasteiger partial charge in [0.05, 0.1) is 11.9 Å². The largest absolute Gasteiger partial charge is 0.447 e. The Morgan fingerprint density at radius 1 is 1.36 bits per heavy atom. The van der Waals surface area contributed by atoms with Crippen molar-refractivity contribution < 1.29 is 9.52 Å². The first kappa shape index (κ1) is 9.18. The van der Waals surface area contributed by atoms with Crippen LogP contribution in [0.4, 0.5) is 0 Å². The summed E-state index contributed by atoms with van der Waals surface area (Å²) in [6.07, 6.45) is 3.59. The number of hydrogen-bond acceptors (Lipinski definition) is 4. The molecule has 0 saturated carbocycles. The molecule has 5 heteroatoms. The van der Waals surface area contributed by atoms with E-state index in [1.54, 1.807) is 12.1 Å². The third-order valence-electron chi connectivity index (χ3n) is 1.73. The van der Waals surface area contributed by atoms with Crippen molar-refractivity contribution in [3.05, 3.63) is 47.4 Å². The molecule has 72 valence electrons. The Balaban J connectivity index is 2.29. The molecular formula is C9H7ClN2O2. The van der Waals surface area contributed by atoms with Crippen molar-refractivity contribution in [1.29, 1.82) is 0 Å². The van der Waals surface area contributed by atoms with Crippen LogP contribution in [-0.4, -0.2) is 15.1 Å². The maximum absolute atomic E-state index is 9.75. The molecule has 0 aliphatic heterocycles. The second-order valence-corrected chi connectivity index (χ2v) is 3.05. The van der Waals surface area contributed by atoms with Crippen LogP contribution >= 0.6 is 11.6 Å². The lowest BCUT2D eigenvalue weighted by Gasteiger charge is -2.04. The van der Waals surface area contributed by atoms with Gasteiger partial charge in [-0.2, -0.15) is 0 Å². The number of nitrogens with zero attached hydrogens (tertiary/aromatic N) is 2. The number of rotatable bonds is 2. The minimum Gasteiger partial charge on any atom is -0.447 e. The van der Waals surface area contributed by atoms with Crippen molar-refractivity contribution in [2.75, 3.05) is 0 Å². The minimum atomic E-state index is -0.920. The fraction of sp³-hybridized carbons (Fsp3) is 0.111. The molecule has 0 amide bonds. The molecule has 2 rings (SSSR count). The molecule has 0 aliphatic rings. The summed E-state index contributed by atoms with van der Waals surface area (Å²) < 4.78 is 5.05. The number of aliphatic hydroxyl groups is 1. The number of hydrogen-bond donors (Lipinski definition) is 1. The van der Waals surface area contributed by atoms with Gasteiger partial charge < -0.3 is 9.52 Å². The van der Waals surface area contributed by atoms with Gasteiger partial charge in [0.15, 0.2) is 11.3 Å². The molecule has 0 radical (unpaired) electrons. The molecule has 2 aromatic heterocycles. The summed E-state index contributed by atoms with van der Waals surface area (Å²) >= 11 is 5.58. The Morgan fingerprint density at radius 2 is 2.21 bits per heavy atom. The third kappa shape index (κ3) is 1.76. The van der Waals surface area contributed by atoms with Crippen LogP contribution in [0.15, 0.2) is 35.1 Å². The maximum Gasteiger partial charge on any atom is 0.193 e. The van der Waals surface area contributed by atoms with E-state index < -0.39 is 6.10 Å². The van der Waals surface area contributed by atoms with Gasteiger partial charge in [0.25, 0.3) is 0 Å². The topological polar surface area (TPSA) is 59.2 Å². The van der Waals surface area contributed by atoms with Crippen LogP contribution in [0.1, 0.15) is 17.6 Å². The lowest BCUT2D eigenvalue weighted by Crippen LogP contribution is -2.00. The van der Waals surface area contributed by atoms with E-state index in [0.29, 0.717) is 11.5 Å². The number of halogens is 1. The predicted molar refractivity (Wildman–Crippen MR) is 49.8 cm³/mol. The zero-order valence-electron chi connectivity index (χ0n) is 7.09. The van der Waals surface area contributed by atoms with Crippen molar-refractivity contribution in [2.24, 2.45) is 0 Å². The minimum absolute atomic E-state index is 0.239. The first-order valence-electron chi connectivity index (χ1n) is 3.96. The monoisotopic (exact) mass is 210 g/mol. The Labute approximate surface area is 85.2 Å². The van der Waals surface area contributed by atoms with Gasteiger partial charge in [0.2, 0.25) is 0 Å². The average molecular weight is 211 g/mol. The van der Waals surface area contributed by atoms with Crippen LogP contribution in [-0.2, 0) is 0 Å². The van der Waals surface area contributed by atoms with Gasteiger partial charge in [-0.05, 0) is 23.7 Å². The molecule has 1 atom stereocenters.